The fraction of sp³-hybridized carbons (Fsp3) is 0.714. The van der Waals surface area contributed by atoms with Crippen LogP contribution in [0.2, 0.25) is 0 Å². The third kappa shape index (κ3) is 2.67. The molecule has 19 heavy (non-hydrogen) atoms. The number of hydrogen-bond donors (Lipinski definition) is 0. The van der Waals surface area contributed by atoms with Crippen molar-refractivity contribution in [1.29, 1.82) is 0 Å². The van der Waals surface area contributed by atoms with Gasteiger partial charge in [-0.2, -0.15) is 0 Å². The molecule has 0 bridgehead atoms. The number of aromatic nitrogens is 1. The smallest absolute Gasteiger partial charge is 0.222 e. The summed E-state index contributed by atoms with van der Waals surface area (Å²) in [6.07, 6.45) is 3.70. The summed E-state index contributed by atoms with van der Waals surface area (Å²) < 4.78 is 5.54. The van der Waals surface area contributed by atoms with E-state index in [1.165, 1.54) is 0 Å². The molecule has 1 spiro atoms. The summed E-state index contributed by atoms with van der Waals surface area (Å²) in [5, 5.41) is 3.15. The van der Waals surface area contributed by atoms with Crippen molar-refractivity contribution in [2.24, 2.45) is 5.41 Å². The molecule has 3 heterocycles. The predicted molar refractivity (Wildman–Crippen MR) is 74.0 cm³/mol. The summed E-state index contributed by atoms with van der Waals surface area (Å²) in [5.41, 5.74) is 1.35. The molecule has 1 aromatic heterocycles. The van der Waals surface area contributed by atoms with Crippen LogP contribution in [0.5, 0.6) is 0 Å². The maximum atomic E-state index is 12.1. The molecule has 104 valence electrons. The Hall–Kier alpha value is -0.940. The van der Waals surface area contributed by atoms with Gasteiger partial charge >= 0.3 is 0 Å². The molecule has 0 saturated carbocycles. The molecule has 0 N–H and O–H groups in total. The molecule has 1 aromatic rings. The van der Waals surface area contributed by atoms with Gasteiger partial charge in [-0.25, -0.2) is 4.98 Å². The molecule has 2 fully saturated rings. The number of nitrogens with zero attached hydrogens (tertiary/aromatic N) is 2. The predicted octanol–water partition coefficient (Wildman–Crippen LogP) is 2.23. The molecule has 4 nitrogen and oxygen atoms in total. The summed E-state index contributed by atoms with van der Waals surface area (Å²) in [7, 11) is 0. The van der Waals surface area contributed by atoms with E-state index in [9.17, 15) is 4.79 Å². The molecule has 1 atom stereocenters. The maximum Gasteiger partial charge on any atom is 0.222 e. The highest BCUT2D eigenvalue weighted by molar-refractivity contribution is 7.09. The van der Waals surface area contributed by atoms with Gasteiger partial charge in [0.15, 0.2) is 0 Å². The number of likely N-dealkylation sites (tertiary alicyclic amines) is 1. The van der Waals surface area contributed by atoms with Crippen LogP contribution < -0.4 is 0 Å². The van der Waals surface area contributed by atoms with E-state index in [2.05, 4.69) is 17.3 Å². The van der Waals surface area contributed by atoms with Gasteiger partial charge in [-0.1, -0.05) is 6.92 Å². The average Bonchev–Trinajstić information content (AvgIpc) is 3.04. The lowest BCUT2D eigenvalue weighted by atomic mass is 9.79. The zero-order chi connectivity index (χ0) is 13.3. The van der Waals surface area contributed by atoms with Crippen molar-refractivity contribution in [2.75, 3.05) is 19.8 Å². The van der Waals surface area contributed by atoms with Crippen LogP contribution in [0.3, 0.4) is 0 Å². The lowest BCUT2D eigenvalue weighted by molar-refractivity contribution is -0.138. The molecule has 0 aliphatic carbocycles. The van der Waals surface area contributed by atoms with Crippen molar-refractivity contribution in [3.8, 4) is 0 Å². The average molecular weight is 280 g/mol. The SMILES string of the molecule is CCc1csc(CN2C[C@]3(CCOC3)CCC2=O)n1. The van der Waals surface area contributed by atoms with Crippen molar-refractivity contribution in [1.82, 2.24) is 9.88 Å². The topological polar surface area (TPSA) is 42.4 Å². The third-order valence-corrected chi connectivity index (χ3v) is 5.10. The highest BCUT2D eigenvalue weighted by atomic mass is 32.1. The minimum absolute atomic E-state index is 0.221. The van der Waals surface area contributed by atoms with Gasteiger partial charge in [0.2, 0.25) is 5.91 Å². The molecule has 5 heteroatoms. The number of carbonyl (C=O) groups excluding carboxylic acids is 1. The summed E-state index contributed by atoms with van der Waals surface area (Å²) in [5.74, 6) is 0.269. The lowest BCUT2D eigenvalue weighted by Crippen LogP contribution is -2.46. The van der Waals surface area contributed by atoms with Crippen LogP contribution >= 0.6 is 11.3 Å². The Balaban J connectivity index is 1.69. The molecule has 0 aromatic carbocycles. The van der Waals surface area contributed by atoms with Crippen LogP contribution in [0.1, 0.15) is 36.9 Å². The van der Waals surface area contributed by atoms with E-state index in [1.807, 2.05) is 4.90 Å². The molecule has 0 radical (unpaired) electrons. The van der Waals surface area contributed by atoms with E-state index in [0.29, 0.717) is 13.0 Å². The Morgan fingerprint density at radius 1 is 1.53 bits per heavy atom. The van der Waals surface area contributed by atoms with Gasteiger partial charge in [0.05, 0.1) is 18.8 Å². The third-order valence-electron chi connectivity index (χ3n) is 4.22. The van der Waals surface area contributed by atoms with Gasteiger partial charge in [0.1, 0.15) is 5.01 Å². The van der Waals surface area contributed by atoms with Crippen molar-refractivity contribution in [3.05, 3.63) is 16.1 Å². The number of amides is 1. The van der Waals surface area contributed by atoms with Crippen LogP contribution in [0, 0.1) is 5.41 Å². The maximum absolute atomic E-state index is 12.1. The standard InChI is InChI=1S/C14H20N2O2S/c1-2-11-8-19-12(15-11)7-16-9-14(4-3-13(16)17)5-6-18-10-14/h8H,2-7,9-10H2,1H3/t14-/m1/s1. The second-order valence-corrected chi connectivity index (χ2v) is 6.58. The highest BCUT2D eigenvalue weighted by Gasteiger charge is 2.41. The van der Waals surface area contributed by atoms with Gasteiger partial charge < -0.3 is 9.64 Å². The normalized spacial score (nSPS) is 27.4. The minimum Gasteiger partial charge on any atom is -0.381 e. The first-order valence-corrected chi connectivity index (χ1v) is 7.87. The number of aryl methyl sites for hydroxylation is 1. The van der Waals surface area contributed by atoms with Gasteiger partial charge in [0, 0.05) is 30.4 Å². The van der Waals surface area contributed by atoms with Gasteiger partial charge in [-0.15, -0.1) is 11.3 Å². The second-order valence-electron chi connectivity index (χ2n) is 5.64. The van der Waals surface area contributed by atoms with E-state index in [4.69, 9.17) is 4.74 Å². The molecule has 2 saturated heterocycles. The summed E-state index contributed by atoms with van der Waals surface area (Å²) in [4.78, 5) is 18.6. The van der Waals surface area contributed by atoms with Crippen LogP contribution in [-0.2, 0) is 22.5 Å². The molecular formula is C14H20N2O2S. The largest absolute Gasteiger partial charge is 0.381 e. The van der Waals surface area contributed by atoms with Crippen molar-refractivity contribution >= 4 is 17.2 Å². The van der Waals surface area contributed by atoms with E-state index >= 15 is 0 Å². The summed E-state index contributed by atoms with van der Waals surface area (Å²) in [6.45, 7) is 5.28. The number of piperidine rings is 1. The first-order chi connectivity index (χ1) is 9.21. The fourth-order valence-corrected chi connectivity index (χ4v) is 3.86. The number of ether oxygens (including phenoxy) is 1. The lowest BCUT2D eigenvalue weighted by Gasteiger charge is -2.38. The highest BCUT2D eigenvalue weighted by Crippen LogP contribution is 2.38. The van der Waals surface area contributed by atoms with Gasteiger partial charge in [-0.05, 0) is 19.3 Å². The first kappa shape index (κ1) is 13.1. The van der Waals surface area contributed by atoms with E-state index in [1.54, 1.807) is 11.3 Å². The minimum atomic E-state index is 0.221. The van der Waals surface area contributed by atoms with Crippen molar-refractivity contribution < 1.29 is 9.53 Å². The summed E-state index contributed by atoms with van der Waals surface area (Å²) >= 11 is 1.66. The zero-order valence-electron chi connectivity index (χ0n) is 11.4. The molecule has 1 amide bonds. The Kier molecular flexibility index (Phi) is 3.58. The number of thiazole rings is 1. The Bertz CT molecular complexity index is 466. The van der Waals surface area contributed by atoms with Crippen LogP contribution in [0.25, 0.3) is 0 Å². The fourth-order valence-electron chi connectivity index (χ4n) is 2.96. The quantitative estimate of drug-likeness (QED) is 0.852. The van der Waals surface area contributed by atoms with Crippen LogP contribution in [0.15, 0.2) is 5.38 Å². The molecule has 2 aliphatic rings. The van der Waals surface area contributed by atoms with Crippen LogP contribution in [-0.4, -0.2) is 35.5 Å². The second kappa shape index (κ2) is 5.21. The first-order valence-electron chi connectivity index (χ1n) is 7.00. The summed E-state index contributed by atoms with van der Waals surface area (Å²) in [6, 6.07) is 0. The van der Waals surface area contributed by atoms with E-state index in [-0.39, 0.29) is 11.3 Å². The molecule has 2 aliphatic heterocycles. The zero-order valence-corrected chi connectivity index (χ0v) is 12.2. The van der Waals surface area contributed by atoms with Crippen molar-refractivity contribution in [3.63, 3.8) is 0 Å². The van der Waals surface area contributed by atoms with Gasteiger partial charge in [-0.3, -0.25) is 4.79 Å². The Morgan fingerprint density at radius 2 is 2.42 bits per heavy atom. The van der Waals surface area contributed by atoms with Crippen molar-refractivity contribution in [2.45, 2.75) is 39.2 Å². The van der Waals surface area contributed by atoms with E-state index < -0.39 is 0 Å². The van der Waals surface area contributed by atoms with Crippen LogP contribution in [0.4, 0.5) is 0 Å². The Morgan fingerprint density at radius 3 is 3.11 bits per heavy atom. The van der Waals surface area contributed by atoms with E-state index in [0.717, 1.165) is 49.7 Å². The number of carbonyl (C=O) groups is 1. The number of rotatable bonds is 3. The monoisotopic (exact) mass is 280 g/mol. The number of hydrogen-bond acceptors (Lipinski definition) is 4. The molecule has 3 rings (SSSR count). The van der Waals surface area contributed by atoms with Gasteiger partial charge in [0.25, 0.3) is 0 Å². The molecule has 0 unspecified atom stereocenters. The Labute approximate surface area is 117 Å². The molecular weight excluding hydrogens is 260 g/mol.